The molecule has 0 spiro atoms. The van der Waals surface area contributed by atoms with Gasteiger partial charge in [-0.2, -0.15) is 0 Å². The molecule has 0 fully saturated rings. The summed E-state index contributed by atoms with van der Waals surface area (Å²) in [7, 11) is 0. The average molecular weight is 191 g/mol. The number of fused-ring (bicyclic) bond motifs is 1. The van der Waals surface area contributed by atoms with Crippen LogP contribution < -0.4 is 5.73 Å². The Hall–Kier alpha value is -0.860. The lowest BCUT2D eigenvalue weighted by Crippen LogP contribution is -2.35. The van der Waals surface area contributed by atoms with Gasteiger partial charge in [-0.3, -0.25) is 0 Å². The molecule has 1 unspecified atom stereocenters. The molecule has 1 aromatic rings. The first-order valence-corrected chi connectivity index (χ1v) is 5.25. The Labute approximate surface area is 85.1 Å². The lowest BCUT2D eigenvalue weighted by Gasteiger charge is -2.28. The van der Waals surface area contributed by atoms with Crippen molar-refractivity contribution in [2.24, 2.45) is 5.73 Å². The summed E-state index contributed by atoms with van der Waals surface area (Å²) in [5.41, 5.74) is 8.33. The second-order valence-electron chi connectivity index (χ2n) is 3.79. The Morgan fingerprint density at radius 1 is 1.43 bits per heavy atom. The Balaban J connectivity index is 2.39. The standard InChI is InChI=1S/C12H17NO/c1-2-14-12(9-13)8-7-10-5-3-4-6-11(10)12/h3-6H,2,7-9,13H2,1H3. The molecule has 1 atom stereocenters. The topological polar surface area (TPSA) is 35.2 Å². The van der Waals surface area contributed by atoms with Crippen molar-refractivity contribution in [1.29, 1.82) is 0 Å². The van der Waals surface area contributed by atoms with Gasteiger partial charge in [0.25, 0.3) is 0 Å². The zero-order valence-electron chi connectivity index (χ0n) is 8.62. The number of hydrogen-bond donors (Lipinski definition) is 1. The summed E-state index contributed by atoms with van der Waals surface area (Å²) >= 11 is 0. The molecule has 0 bridgehead atoms. The smallest absolute Gasteiger partial charge is 0.106 e. The summed E-state index contributed by atoms with van der Waals surface area (Å²) in [6.07, 6.45) is 2.12. The predicted octanol–water partition coefficient (Wildman–Crippen LogP) is 1.82. The number of nitrogens with two attached hydrogens (primary N) is 1. The summed E-state index contributed by atoms with van der Waals surface area (Å²) < 4.78 is 5.84. The van der Waals surface area contributed by atoms with E-state index in [0.717, 1.165) is 19.4 Å². The van der Waals surface area contributed by atoms with Crippen molar-refractivity contribution >= 4 is 0 Å². The maximum atomic E-state index is 5.84. The van der Waals surface area contributed by atoms with Crippen LogP contribution in [0.4, 0.5) is 0 Å². The molecule has 1 aliphatic carbocycles. The molecular formula is C12H17NO. The molecule has 2 heteroatoms. The van der Waals surface area contributed by atoms with Crippen LogP contribution >= 0.6 is 0 Å². The van der Waals surface area contributed by atoms with Gasteiger partial charge in [0.15, 0.2) is 0 Å². The highest BCUT2D eigenvalue weighted by molar-refractivity contribution is 5.37. The van der Waals surface area contributed by atoms with E-state index in [1.165, 1.54) is 11.1 Å². The van der Waals surface area contributed by atoms with E-state index in [4.69, 9.17) is 10.5 Å². The van der Waals surface area contributed by atoms with E-state index in [-0.39, 0.29) is 5.60 Å². The van der Waals surface area contributed by atoms with E-state index in [1.807, 2.05) is 6.92 Å². The first kappa shape index (κ1) is 9.69. The Kier molecular flexibility index (Phi) is 2.57. The van der Waals surface area contributed by atoms with Crippen molar-refractivity contribution in [3.05, 3.63) is 35.4 Å². The summed E-state index contributed by atoms with van der Waals surface area (Å²) in [6.45, 7) is 3.34. The number of hydrogen-bond acceptors (Lipinski definition) is 2. The SMILES string of the molecule is CCOC1(CN)CCc2ccccc21. The third kappa shape index (κ3) is 1.35. The van der Waals surface area contributed by atoms with Crippen LogP contribution in [0.15, 0.2) is 24.3 Å². The highest BCUT2D eigenvalue weighted by Crippen LogP contribution is 2.38. The van der Waals surface area contributed by atoms with Gasteiger partial charge in [-0.1, -0.05) is 24.3 Å². The van der Waals surface area contributed by atoms with Crippen molar-refractivity contribution in [3.8, 4) is 0 Å². The summed E-state index contributed by atoms with van der Waals surface area (Å²) in [5.74, 6) is 0. The molecule has 2 nitrogen and oxygen atoms in total. The quantitative estimate of drug-likeness (QED) is 0.791. The fourth-order valence-corrected chi connectivity index (χ4v) is 2.35. The fourth-order valence-electron chi connectivity index (χ4n) is 2.35. The van der Waals surface area contributed by atoms with Gasteiger partial charge in [0.05, 0.1) is 0 Å². The van der Waals surface area contributed by atoms with Crippen molar-refractivity contribution in [2.45, 2.75) is 25.4 Å². The van der Waals surface area contributed by atoms with Crippen molar-refractivity contribution in [1.82, 2.24) is 0 Å². The third-order valence-corrected chi connectivity index (χ3v) is 3.06. The van der Waals surface area contributed by atoms with Crippen molar-refractivity contribution in [2.75, 3.05) is 13.2 Å². The van der Waals surface area contributed by atoms with E-state index in [2.05, 4.69) is 24.3 Å². The van der Waals surface area contributed by atoms with E-state index in [1.54, 1.807) is 0 Å². The highest BCUT2D eigenvalue weighted by atomic mass is 16.5. The molecule has 0 saturated heterocycles. The van der Waals surface area contributed by atoms with Gasteiger partial charge < -0.3 is 10.5 Å². The van der Waals surface area contributed by atoms with Gasteiger partial charge in [0.1, 0.15) is 5.60 Å². The molecule has 76 valence electrons. The van der Waals surface area contributed by atoms with E-state index >= 15 is 0 Å². The Morgan fingerprint density at radius 3 is 2.93 bits per heavy atom. The first-order chi connectivity index (χ1) is 6.82. The van der Waals surface area contributed by atoms with Gasteiger partial charge in [0, 0.05) is 13.2 Å². The molecular weight excluding hydrogens is 174 g/mol. The van der Waals surface area contributed by atoms with Crippen LogP contribution in [0.1, 0.15) is 24.5 Å². The van der Waals surface area contributed by atoms with Crippen molar-refractivity contribution in [3.63, 3.8) is 0 Å². The maximum Gasteiger partial charge on any atom is 0.106 e. The van der Waals surface area contributed by atoms with Gasteiger partial charge in [0.2, 0.25) is 0 Å². The zero-order chi connectivity index (χ0) is 10.0. The second-order valence-corrected chi connectivity index (χ2v) is 3.79. The summed E-state index contributed by atoms with van der Waals surface area (Å²) in [4.78, 5) is 0. The van der Waals surface area contributed by atoms with Gasteiger partial charge >= 0.3 is 0 Å². The minimum atomic E-state index is -0.203. The zero-order valence-corrected chi connectivity index (χ0v) is 8.62. The minimum absolute atomic E-state index is 0.203. The monoisotopic (exact) mass is 191 g/mol. The first-order valence-electron chi connectivity index (χ1n) is 5.25. The number of rotatable bonds is 3. The van der Waals surface area contributed by atoms with Crippen molar-refractivity contribution < 1.29 is 4.74 Å². The Morgan fingerprint density at radius 2 is 2.21 bits per heavy atom. The van der Waals surface area contributed by atoms with Gasteiger partial charge in [-0.05, 0) is 30.9 Å². The summed E-state index contributed by atoms with van der Waals surface area (Å²) in [6, 6.07) is 8.46. The fraction of sp³-hybridized carbons (Fsp3) is 0.500. The van der Waals surface area contributed by atoms with Crippen LogP contribution in [0.25, 0.3) is 0 Å². The predicted molar refractivity (Wildman–Crippen MR) is 57.1 cm³/mol. The molecule has 0 saturated carbocycles. The lowest BCUT2D eigenvalue weighted by molar-refractivity contribution is -0.0355. The normalized spacial score (nSPS) is 25.0. The van der Waals surface area contributed by atoms with E-state index in [9.17, 15) is 0 Å². The third-order valence-electron chi connectivity index (χ3n) is 3.06. The van der Waals surface area contributed by atoms with Crippen LogP contribution in [-0.4, -0.2) is 13.2 Å². The summed E-state index contributed by atoms with van der Waals surface area (Å²) in [5, 5.41) is 0. The lowest BCUT2D eigenvalue weighted by atomic mass is 9.96. The largest absolute Gasteiger partial charge is 0.369 e. The molecule has 0 aromatic heterocycles. The van der Waals surface area contributed by atoms with E-state index in [0.29, 0.717) is 6.54 Å². The molecule has 2 rings (SSSR count). The van der Waals surface area contributed by atoms with Crippen LogP contribution in [0.5, 0.6) is 0 Å². The maximum absolute atomic E-state index is 5.84. The molecule has 0 radical (unpaired) electrons. The number of aryl methyl sites for hydroxylation is 1. The van der Waals surface area contributed by atoms with Gasteiger partial charge in [-0.25, -0.2) is 0 Å². The highest BCUT2D eigenvalue weighted by Gasteiger charge is 2.37. The Bertz CT molecular complexity index is 320. The van der Waals surface area contributed by atoms with Crippen LogP contribution in [0, 0.1) is 0 Å². The van der Waals surface area contributed by atoms with E-state index < -0.39 is 0 Å². The number of ether oxygens (including phenoxy) is 1. The van der Waals surface area contributed by atoms with Gasteiger partial charge in [-0.15, -0.1) is 0 Å². The molecule has 0 aliphatic heterocycles. The molecule has 0 amide bonds. The van der Waals surface area contributed by atoms with Crippen LogP contribution in [0.2, 0.25) is 0 Å². The molecule has 0 heterocycles. The average Bonchev–Trinajstić information content (AvgIpc) is 2.59. The second kappa shape index (κ2) is 3.71. The molecule has 1 aliphatic rings. The number of benzene rings is 1. The van der Waals surface area contributed by atoms with Crippen LogP contribution in [-0.2, 0) is 16.8 Å². The minimum Gasteiger partial charge on any atom is -0.369 e. The molecule has 14 heavy (non-hydrogen) atoms. The molecule has 1 aromatic carbocycles. The van der Waals surface area contributed by atoms with Crippen LogP contribution in [0.3, 0.4) is 0 Å². The molecule has 2 N–H and O–H groups in total.